The Kier molecular flexibility index (Phi) is 5.79. The SMILES string of the molecule is COc1ccc(C(C)(C)NC(=O)NCCc2ccc(F)cc2)cc1. The van der Waals surface area contributed by atoms with Crippen LogP contribution in [0.4, 0.5) is 9.18 Å². The first kappa shape index (κ1) is 17.8. The molecule has 0 radical (unpaired) electrons. The summed E-state index contributed by atoms with van der Waals surface area (Å²) < 4.78 is 18.0. The Hall–Kier alpha value is -2.56. The van der Waals surface area contributed by atoms with E-state index in [9.17, 15) is 9.18 Å². The van der Waals surface area contributed by atoms with Crippen molar-refractivity contribution >= 4 is 6.03 Å². The van der Waals surface area contributed by atoms with Crippen molar-refractivity contribution in [3.63, 3.8) is 0 Å². The predicted octanol–water partition coefficient (Wildman–Crippen LogP) is 3.61. The fourth-order valence-corrected chi connectivity index (χ4v) is 2.38. The number of hydrogen-bond donors (Lipinski definition) is 2. The Labute approximate surface area is 142 Å². The minimum atomic E-state index is -0.508. The van der Waals surface area contributed by atoms with Gasteiger partial charge in [0, 0.05) is 6.54 Å². The Morgan fingerprint density at radius 1 is 1.08 bits per heavy atom. The van der Waals surface area contributed by atoms with Crippen LogP contribution in [0.15, 0.2) is 48.5 Å². The van der Waals surface area contributed by atoms with Crippen molar-refractivity contribution in [2.24, 2.45) is 0 Å². The Morgan fingerprint density at radius 3 is 2.29 bits per heavy atom. The highest BCUT2D eigenvalue weighted by Crippen LogP contribution is 2.22. The van der Waals surface area contributed by atoms with Crippen molar-refractivity contribution in [1.82, 2.24) is 10.6 Å². The van der Waals surface area contributed by atoms with E-state index in [0.717, 1.165) is 16.9 Å². The number of nitrogens with one attached hydrogen (secondary N) is 2. The van der Waals surface area contributed by atoms with Gasteiger partial charge in [0.2, 0.25) is 0 Å². The lowest BCUT2D eigenvalue weighted by atomic mass is 9.94. The molecule has 0 spiro atoms. The van der Waals surface area contributed by atoms with Crippen LogP contribution in [-0.4, -0.2) is 19.7 Å². The molecular weight excluding hydrogens is 307 g/mol. The first-order valence-corrected chi connectivity index (χ1v) is 7.86. The number of hydrogen-bond acceptors (Lipinski definition) is 2. The van der Waals surface area contributed by atoms with Crippen LogP contribution >= 0.6 is 0 Å². The molecule has 0 aliphatic heterocycles. The third-order valence-corrected chi connectivity index (χ3v) is 3.85. The average molecular weight is 330 g/mol. The zero-order chi connectivity index (χ0) is 17.6. The molecule has 0 aliphatic rings. The molecule has 0 aliphatic carbocycles. The fourth-order valence-electron chi connectivity index (χ4n) is 2.38. The van der Waals surface area contributed by atoms with Crippen molar-refractivity contribution in [2.45, 2.75) is 25.8 Å². The van der Waals surface area contributed by atoms with Crippen molar-refractivity contribution in [3.8, 4) is 5.75 Å². The van der Waals surface area contributed by atoms with Crippen LogP contribution in [-0.2, 0) is 12.0 Å². The average Bonchev–Trinajstić information content (AvgIpc) is 2.56. The minimum Gasteiger partial charge on any atom is -0.497 e. The number of urea groups is 1. The number of ether oxygens (including phenoxy) is 1. The topological polar surface area (TPSA) is 50.4 Å². The summed E-state index contributed by atoms with van der Waals surface area (Å²) in [6.07, 6.45) is 0.649. The molecule has 0 aromatic heterocycles. The van der Waals surface area contributed by atoms with Crippen molar-refractivity contribution in [1.29, 1.82) is 0 Å². The summed E-state index contributed by atoms with van der Waals surface area (Å²) in [6, 6.07) is 13.6. The molecule has 24 heavy (non-hydrogen) atoms. The summed E-state index contributed by atoms with van der Waals surface area (Å²) in [5.41, 5.74) is 1.45. The molecule has 2 aromatic carbocycles. The summed E-state index contributed by atoms with van der Waals surface area (Å²) >= 11 is 0. The summed E-state index contributed by atoms with van der Waals surface area (Å²) in [5, 5.41) is 5.78. The number of amides is 2. The van der Waals surface area contributed by atoms with E-state index < -0.39 is 5.54 Å². The van der Waals surface area contributed by atoms with Crippen LogP contribution in [0, 0.1) is 5.82 Å². The van der Waals surface area contributed by atoms with Crippen LogP contribution in [0.25, 0.3) is 0 Å². The Bertz CT molecular complexity index is 667. The van der Waals surface area contributed by atoms with Gasteiger partial charge < -0.3 is 15.4 Å². The van der Waals surface area contributed by atoms with Gasteiger partial charge in [-0.15, -0.1) is 0 Å². The molecular formula is C19H23FN2O2. The zero-order valence-corrected chi connectivity index (χ0v) is 14.2. The predicted molar refractivity (Wildman–Crippen MR) is 92.7 cm³/mol. The van der Waals surface area contributed by atoms with Crippen LogP contribution in [0.3, 0.4) is 0 Å². The Morgan fingerprint density at radius 2 is 1.71 bits per heavy atom. The number of benzene rings is 2. The van der Waals surface area contributed by atoms with E-state index in [0.29, 0.717) is 13.0 Å². The molecule has 0 unspecified atom stereocenters. The maximum atomic E-state index is 12.8. The number of halogens is 1. The molecule has 0 fully saturated rings. The lowest BCUT2D eigenvalue weighted by Crippen LogP contribution is -2.46. The number of rotatable bonds is 6. The molecule has 0 saturated carbocycles. The molecule has 0 saturated heterocycles. The maximum Gasteiger partial charge on any atom is 0.315 e. The molecule has 2 aromatic rings. The van der Waals surface area contributed by atoms with E-state index in [2.05, 4.69) is 10.6 Å². The second kappa shape index (κ2) is 7.81. The van der Waals surface area contributed by atoms with E-state index in [4.69, 9.17) is 4.74 Å². The standard InChI is InChI=1S/C19H23FN2O2/c1-19(2,15-6-10-17(24-3)11-7-15)22-18(23)21-13-12-14-4-8-16(20)9-5-14/h4-11H,12-13H2,1-3H3,(H2,21,22,23). The van der Waals surface area contributed by atoms with Gasteiger partial charge in [-0.25, -0.2) is 9.18 Å². The van der Waals surface area contributed by atoms with Crippen molar-refractivity contribution < 1.29 is 13.9 Å². The Balaban J connectivity index is 1.84. The van der Waals surface area contributed by atoms with Crippen LogP contribution in [0.2, 0.25) is 0 Å². The minimum absolute atomic E-state index is 0.238. The van der Waals surface area contributed by atoms with E-state index in [-0.39, 0.29) is 11.8 Å². The highest BCUT2D eigenvalue weighted by atomic mass is 19.1. The molecule has 5 heteroatoms. The third-order valence-electron chi connectivity index (χ3n) is 3.85. The van der Waals surface area contributed by atoms with E-state index in [1.807, 2.05) is 38.1 Å². The molecule has 0 bridgehead atoms. The monoisotopic (exact) mass is 330 g/mol. The molecule has 2 rings (SSSR count). The van der Waals surface area contributed by atoms with E-state index >= 15 is 0 Å². The maximum absolute atomic E-state index is 12.8. The molecule has 0 heterocycles. The molecule has 2 amide bonds. The smallest absolute Gasteiger partial charge is 0.315 e. The van der Waals surface area contributed by atoms with Crippen molar-refractivity contribution in [3.05, 3.63) is 65.5 Å². The number of carbonyl (C=O) groups excluding carboxylic acids is 1. The number of methoxy groups -OCH3 is 1. The quantitative estimate of drug-likeness (QED) is 0.850. The normalized spacial score (nSPS) is 11.0. The van der Waals surface area contributed by atoms with Crippen LogP contribution in [0.5, 0.6) is 5.75 Å². The van der Waals surface area contributed by atoms with Gasteiger partial charge in [0.15, 0.2) is 0 Å². The van der Waals surface area contributed by atoms with Crippen molar-refractivity contribution in [2.75, 3.05) is 13.7 Å². The third kappa shape index (κ3) is 4.98. The summed E-state index contributed by atoms with van der Waals surface area (Å²) in [6.45, 7) is 4.36. The van der Waals surface area contributed by atoms with Gasteiger partial charge in [-0.05, 0) is 55.7 Å². The van der Waals surface area contributed by atoms with Gasteiger partial charge in [-0.1, -0.05) is 24.3 Å². The molecule has 0 atom stereocenters. The van der Waals surface area contributed by atoms with E-state index in [1.165, 1.54) is 12.1 Å². The van der Waals surface area contributed by atoms with Crippen LogP contribution < -0.4 is 15.4 Å². The first-order valence-electron chi connectivity index (χ1n) is 7.86. The fraction of sp³-hybridized carbons (Fsp3) is 0.316. The second-order valence-electron chi connectivity index (χ2n) is 6.11. The highest BCUT2D eigenvalue weighted by Gasteiger charge is 2.22. The zero-order valence-electron chi connectivity index (χ0n) is 14.2. The first-order chi connectivity index (χ1) is 11.4. The molecule has 2 N–H and O–H groups in total. The van der Waals surface area contributed by atoms with Crippen LogP contribution in [0.1, 0.15) is 25.0 Å². The lowest BCUT2D eigenvalue weighted by molar-refractivity contribution is 0.230. The lowest BCUT2D eigenvalue weighted by Gasteiger charge is -2.27. The van der Waals surface area contributed by atoms with Gasteiger partial charge in [0.1, 0.15) is 11.6 Å². The summed E-state index contributed by atoms with van der Waals surface area (Å²) in [5.74, 6) is 0.518. The van der Waals surface area contributed by atoms with Gasteiger partial charge >= 0.3 is 6.03 Å². The van der Waals surface area contributed by atoms with Gasteiger partial charge in [0.05, 0.1) is 12.6 Å². The van der Waals surface area contributed by atoms with E-state index in [1.54, 1.807) is 19.2 Å². The molecule has 4 nitrogen and oxygen atoms in total. The molecule has 128 valence electrons. The number of carbonyl (C=O) groups is 1. The van der Waals surface area contributed by atoms with Gasteiger partial charge in [-0.3, -0.25) is 0 Å². The second-order valence-corrected chi connectivity index (χ2v) is 6.11. The largest absolute Gasteiger partial charge is 0.497 e. The highest BCUT2D eigenvalue weighted by molar-refractivity contribution is 5.75. The van der Waals surface area contributed by atoms with Gasteiger partial charge in [-0.2, -0.15) is 0 Å². The summed E-state index contributed by atoms with van der Waals surface area (Å²) in [7, 11) is 1.62. The summed E-state index contributed by atoms with van der Waals surface area (Å²) in [4.78, 5) is 12.1. The van der Waals surface area contributed by atoms with Gasteiger partial charge in [0.25, 0.3) is 0 Å².